The normalized spacial score (nSPS) is 12.5. The van der Waals surface area contributed by atoms with Crippen molar-refractivity contribution in [2.24, 2.45) is 0 Å². The van der Waals surface area contributed by atoms with Gasteiger partial charge in [0.1, 0.15) is 5.75 Å². The van der Waals surface area contributed by atoms with Crippen LogP contribution in [0.25, 0.3) is 0 Å². The minimum absolute atomic E-state index is 0.181. The Morgan fingerprint density at radius 1 is 1.24 bits per heavy atom. The number of ether oxygens (including phenoxy) is 2. The predicted molar refractivity (Wildman–Crippen MR) is 70.8 cm³/mol. The Kier molecular flexibility index (Phi) is 5.45. The van der Waals surface area contributed by atoms with Crippen LogP contribution in [-0.4, -0.2) is 27.4 Å². The molecule has 1 atom stereocenters. The van der Waals surface area contributed by atoms with Gasteiger partial charge < -0.3 is 14.8 Å². The van der Waals surface area contributed by atoms with Crippen molar-refractivity contribution in [3.8, 4) is 5.75 Å². The Labute approximate surface area is 104 Å². The molecular formula is C14H23NO2. The van der Waals surface area contributed by atoms with Gasteiger partial charge in [0, 0.05) is 12.7 Å². The van der Waals surface area contributed by atoms with Crippen LogP contribution in [0.3, 0.4) is 0 Å². The van der Waals surface area contributed by atoms with Gasteiger partial charge in [-0.1, -0.05) is 13.0 Å². The lowest BCUT2D eigenvalue weighted by atomic mass is 9.98. The SMILES string of the molecule is CCNC(COC)c1c(C)cc(C)cc1OC. The third kappa shape index (κ3) is 3.45. The van der Waals surface area contributed by atoms with E-state index in [1.807, 2.05) is 0 Å². The van der Waals surface area contributed by atoms with Crippen LogP contribution in [0.4, 0.5) is 0 Å². The molecule has 0 saturated heterocycles. The van der Waals surface area contributed by atoms with Gasteiger partial charge in [-0.15, -0.1) is 0 Å². The molecule has 0 aliphatic carbocycles. The van der Waals surface area contributed by atoms with E-state index in [2.05, 4.69) is 38.2 Å². The number of methoxy groups -OCH3 is 2. The molecule has 0 radical (unpaired) electrons. The van der Waals surface area contributed by atoms with Crippen LogP contribution in [0.15, 0.2) is 12.1 Å². The topological polar surface area (TPSA) is 30.5 Å². The Morgan fingerprint density at radius 2 is 1.94 bits per heavy atom. The minimum Gasteiger partial charge on any atom is -0.496 e. The molecule has 0 fully saturated rings. The first-order valence-corrected chi connectivity index (χ1v) is 6.01. The molecule has 0 aromatic heterocycles. The fourth-order valence-electron chi connectivity index (χ4n) is 2.21. The number of rotatable bonds is 6. The molecule has 0 saturated carbocycles. The summed E-state index contributed by atoms with van der Waals surface area (Å²) in [5.74, 6) is 0.936. The average molecular weight is 237 g/mol. The Morgan fingerprint density at radius 3 is 2.47 bits per heavy atom. The van der Waals surface area contributed by atoms with Gasteiger partial charge in [0.05, 0.1) is 19.8 Å². The fraction of sp³-hybridized carbons (Fsp3) is 0.571. The molecule has 1 unspecified atom stereocenters. The number of hydrogen-bond acceptors (Lipinski definition) is 3. The van der Waals surface area contributed by atoms with Crippen molar-refractivity contribution in [2.45, 2.75) is 26.8 Å². The second-order valence-corrected chi connectivity index (χ2v) is 4.26. The lowest BCUT2D eigenvalue weighted by molar-refractivity contribution is 0.166. The number of benzene rings is 1. The van der Waals surface area contributed by atoms with Gasteiger partial charge in [0.15, 0.2) is 0 Å². The smallest absolute Gasteiger partial charge is 0.124 e. The fourth-order valence-corrected chi connectivity index (χ4v) is 2.21. The maximum atomic E-state index is 5.49. The highest BCUT2D eigenvalue weighted by molar-refractivity contribution is 5.45. The van der Waals surface area contributed by atoms with Crippen LogP contribution < -0.4 is 10.1 Å². The maximum Gasteiger partial charge on any atom is 0.124 e. The van der Waals surface area contributed by atoms with E-state index in [0.717, 1.165) is 12.3 Å². The number of hydrogen-bond donors (Lipinski definition) is 1. The van der Waals surface area contributed by atoms with Crippen LogP contribution in [0.5, 0.6) is 5.75 Å². The second-order valence-electron chi connectivity index (χ2n) is 4.26. The van der Waals surface area contributed by atoms with E-state index in [1.54, 1.807) is 14.2 Å². The summed E-state index contributed by atoms with van der Waals surface area (Å²) >= 11 is 0. The molecule has 3 nitrogen and oxygen atoms in total. The van der Waals surface area contributed by atoms with Gasteiger partial charge in [0.25, 0.3) is 0 Å². The number of aryl methyl sites for hydroxylation is 2. The average Bonchev–Trinajstić information content (AvgIpc) is 2.28. The van der Waals surface area contributed by atoms with E-state index < -0.39 is 0 Å². The molecule has 0 spiro atoms. The summed E-state index contributed by atoms with van der Waals surface area (Å²) in [6, 6.07) is 4.43. The highest BCUT2D eigenvalue weighted by Crippen LogP contribution is 2.30. The summed E-state index contributed by atoms with van der Waals surface area (Å²) < 4.78 is 10.8. The zero-order chi connectivity index (χ0) is 12.8. The monoisotopic (exact) mass is 237 g/mol. The first-order chi connectivity index (χ1) is 8.13. The van der Waals surface area contributed by atoms with E-state index in [1.165, 1.54) is 16.7 Å². The highest BCUT2D eigenvalue weighted by Gasteiger charge is 2.18. The van der Waals surface area contributed by atoms with Crippen LogP contribution in [0.2, 0.25) is 0 Å². The van der Waals surface area contributed by atoms with E-state index in [0.29, 0.717) is 6.61 Å². The van der Waals surface area contributed by atoms with Gasteiger partial charge in [-0.05, 0) is 37.6 Å². The molecule has 0 bridgehead atoms. The van der Waals surface area contributed by atoms with Crippen LogP contribution in [0, 0.1) is 13.8 Å². The van der Waals surface area contributed by atoms with E-state index in [-0.39, 0.29) is 6.04 Å². The highest BCUT2D eigenvalue weighted by atomic mass is 16.5. The summed E-state index contributed by atoms with van der Waals surface area (Å²) in [5, 5.41) is 3.43. The second kappa shape index (κ2) is 6.62. The van der Waals surface area contributed by atoms with Gasteiger partial charge in [0.2, 0.25) is 0 Å². The quantitative estimate of drug-likeness (QED) is 0.825. The zero-order valence-corrected chi connectivity index (χ0v) is 11.5. The number of nitrogens with one attached hydrogen (secondary N) is 1. The van der Waals surface area contributed by atoms with E-state index >= 15 is 0 Å². The standard InChI is InChI=1S/C14H23NO2/c1-6-15-12(9-16-4)14-11(3)7-10(2)8-13(14)17-5/h7-8,12,15H,6,9H2,1-5H3. The third-order valence-electron chi connectivity index (χ3n) is 2.85. The van der Waals surface area contributed by atoms with Gasteiger partial charge in [-0.2, -0.15) is 0 Å². The molecule has 1 N–H and O–H groups in total. The van der Waals surface area contributed by atoms with Gasteiger partial charge in [-0.25, -0.2) is 0 Å². The molecule has 1 rings (SSSR count). The first kappa shape index (κ1) is 14.0. The maximum absolute atomic E-state index is 5.49. The summed E-state index contributed by atoms with van der Waals surface area (Å²) in [7, 11) is 3.44. The van der Waals surface area contributed by atoms with Gasteiger partial charge in [-0.3, -0.25) is 0 Å². The Balaban J connectivity index is 3.15. The molecule has 96 valence electrons. The predicted octanol–water partition coefficient (Wildman–Crippen LogP) is 2.61. The lowest BCUT2D eigenvalue weighted by Gasteiger charge is -2.22. The molecule has 17 heavy (non-hydrogen) atoms. The van der Waals surface area contributed by atoms with Crippen molar-refractivity contribution in [2.75, 3.05) is 27.4 Å². The zero-order valence-electron chi connectivity index (χ0n) is 11.5. The molecule has 0 aliphatic heterocycles. The van der Waals surface area contributed by atoms with Crippen molar-refractivity contribution in [3.05, 3.63) is 28.8 Å². The molecular weight excluding hydrogens is 214 g/mol. The molecule has 3 heteroatoms. The van der Waals surface area contributed by atoms with Crippen molar-refractivity contribution in [1.29, 1.82) is 0 Å². The molecule has 1 aromatic rings. The van der Waals surface area contributed by atoms with E-state index in [4.69, 9.17) is 9.47 Å². The molecule has 0 heterocycles. The third-order valence-corrected chi connectivity index (χ3v) is 2.85. The summed E-state index contributed by atoms with van der Waals surface area (Å²) in [4.78, 5) is 0. The van der Waals surface area contributed by atoms with E-state index in [9.17, 15) is 0 Å². The van der Waals surface area contributed by atoms with Crippen LogP contribution >= 0.6 is 0 Å². The molecule has 0 amide bonds. The minimum atomic E-state index is 0.181. The summed E-state index contributed by atoms with van der Waals surface area (Å²) in [5.41, 5.74) is 3.66. The number of likely N-dealkylation sites (N-methyl/N-ethyl adjacent to an activating group) is 1. The summed E-state index contributed by atoms with van der Waals surface area (Å²) in [6.07, 6.45) is 0. The van der Waals surface area contributed by atoms with Gasteiger partial charge >= 0.3 is 0 Å². The van der Waals surface area contributed by atoms with Crippen LogP contribution in [0.1, 0.15) is 29.7 Å². The summed E-state index contributed by atoms with van der Waals surface area (Å²) in [6.45, 7) is 7.85. The first-order valence-electron chi connectivity index (χ1n) is 6.01. The van der Waals surface area contributed by atoms with Crippen molar-refractivity contribution >= 4 is 0 Å². The van der Waals surface area contributed by atoms with Crippen molar-refractivity contribution in [1.82, 2.24) is 5.32 Å². The van der Waals surface area contributed by atoms with Crippen molar-refractivity contribution < 1.29 is 9.47 Å². The van der Waals surface area contributed by atoms with Crippen LogP contribution in [-0.2, 0) is 4.74 Å². The largest absolute Gasteiger partial charge is 0.496 e. The molecule has 1 aromatic carbocycles. The Hall–Kier alpha value is -1.06. The Bertz CT molecular complexity index is 357. The molecule has 0 aliphatic rings. The van der Waals surface area contributed by atoms with Crippen molar-refractivity contribution in [3.63, 3.8) is 0 Å². The lowest BCUT2D eigenvalue weighted by Crippen LogP contribution is -2.26.